The molecule has 102 valence electrons. The number of hydrogen-bond acceptors (Lipinski definition) is 4. The van der Waals surface area contributed by atoms with Crippen molar-refractivity contribution in [3.05, 3.63) is 30.3 Å². The minimum atomic E-state index is 0.763. The average Bonchev–Trinajstić information content (AvgIpc) is 2.92. The summed E-state index contributed by atoms with van der Waals surface area (Å²) in [6.07, 6.45) is 4.69. The second-order valence-electron chi connectivity index (χ2n) is 4.16. The summed E-state index contributed by atoms with van der Waals surface area (Å²) < 4.78 is 1.78. The Balaban J connectivity index is 1.83. The van der Waals surface area contributed by atoms with Crippen molar-refractivity contribution in [2.75, 3.05) is 11.6 Å². The van der Waals surface area contributed by atoms with Crippen molar-refractivity contribution in [1.82, 2.24) is 20.2 Å². The molecule has 2 rings (SSSR count). The molecule has 19 heavy (non-hydrogen) atoms. The summed E-state index contributed by atoms with van der Waals surface area (Å²) in [5.41, 5.74) is 0.997. The van der Waals surface area contributed by atoms with E-state index >= 15 is 0 Å². The maximum absolute atomic E-state index is 5.65. The van der Waals surface area contributed by atoms with Crippen molar-refractivity contribution < 1.29 is 0 Å². The van der Waals surface area contributed by atoms with Crippen molar-refractivity contribution in [2.45, 2.75) is 30.8 Å². The fraction of sp³-hybridized carbons (Fsp3) is 0.462. The predicted octanol–water partition coefficient (Wildman–Crippen LogP) is 3.55. The lowest BCUT2D eigenvalue weighted by Gasteiger charge is -2.03. The van der Waals surface area contributed by atoms with E-state index < -0.39 is 0 Å². The predicted molar refractivity (Wildman–Crippen MR) is 79.1 cm³/mol. The highest BCUT2D eigenvalue weighted by atomic mass is 35.5. The van der Waals surface area contributed by atoms with Gasteiger partial charge in [0.2, 0.25) is 5.16 Å². The van der Waals surface area contributed by atoms with E-state index in [1.54, 1.807) is 16.4 Å². The molecule has 6 heteroatoms. The lowest BCUT2D eigenvalue weighted by atomic mass is 10.2. The zero-order valence-electron chi connectivity index (χ0n) is 10.7. The number of para-hydroxylation sites is 1. The van der Waals surface area contributed by atoms with Gasteiger partial charge in [-0.1, -0.05) is 42.8 Å². The van der Waals surface area contributed by atoms with Crippen LogP contribution in [0.15, 0.2) is 35.5 Å². The zero-order valence-corrected chi connectivity index (χ0v) is 12.3. The SMILES string of the molecule is ClCCCCCCSc1nnnn1-c1ccccc1. The van der Waals surface area contributed by atoms with Crippen molar-refractivity contribution in [2.24, 2.45) is 0 Å². The van der Waals surface area contributed by atoms with Gasteiger partial charge in [-0.15, -0.1) is 16.7 Å². The van der Waals surface area contributed by atoms with Crippen molar-refractivity contribution in [3.8, 4) is 5.69 Å². The van der Waals surface area contributed by atoms with E-state index in [9.17, 15) is 0 Å². The maximum Gasteiger partial charge on any atom is 0.214 e. The first-order chi connectivity index (χ1) is 9.42. The van der Waals surface area contributed by atoms with Gasteiger partial charge in [0.05, 0.1) is 5.69 Å². The Hall–Kier alpha value is -1.07. The molecule has 0 atom stereocenters. The monoisotopic (exact) mass is 296 g/mol. The highest BCUT2D eigenvalue weighted by molar-refractivity contribution is 7.99. The number of benzene rings is 1. The fourth-order valence-corrected chi connectivity index (χ4v) is 2.79. The number of alkyl halides is 1. The van der Waals surface area contributed by atoms with Gasteiger partial charge in [-0.25, -0.2) is 0 Å². The molecule has 0 amide bonds. The van der Waals surface area contributed by atoms with Gasteiger partial charge in [0.1, 0.15) is 0 Å². The van der Waals surface area contributed by atoms with Gasteiger partial charge in [0, 0.05) is 11.6 Å². The Kier molecular flexibility index (Phi) is 6.17. The third-order valence-corrected chi connectivity index (χ3v) is 3.97. The number of aromatic nitrogens is 4. The van der Waals surface area contributed by atoms with Crippen LogP contribution in [0.1, 0.15) is 25.7 Å². The van der Waals surface area contributed by atoms with E-state index in [2.05, 4.69) is 15.5 Å². The van der Waals surface area contributed by atoms with Crippen LogP contribution >= 0.6 is 23.4 Å². The Labute approximate surface area is 122 Å². The van der Waals surface area contributed by atoms with Crippen LogP contribution in [-0.4, -0.2) is 31.8 Å². The van der Waals surface area contributed by atoms with Gasteiger partial charge in [-0.2, -0.15) is 4.68 Å². The molecule has 1 aromatic heterocycles. The second kappa shape index (κ2) is 8.17. The van der Waals surface area contributed by atoms with Gasteiger partial charge in [0.25, 0.3) is 0 Å². The van der Waals surface area contributed by atoms with Gasteiger partial charge in [-0.05, 0) is 35.4 Å². The molecule has 0 unspecified atom stereocenters. The van der Waals surface area contributed by atoms with Crippen LogP contribution in [0.3, 0.4) is 0 Å². The quantitative estimate of drug-likeness (QED) is 0.424. The number of tetrazole rings is 1. The van der Waals surface area contributed by atoms with Crippen LogP contribution in [0.5, 0.6) is 0 Å². The highest BCUT2D eigenvalue weighted by Crippen LogP contribution is 2.19. The number of unbranched alkanes of at least 4 members (excludes halogenated alkanes) is 3. The first kappa shape index (κ1) is 14.3. The summed E-state index contributed by atoms with van der Waals surface area (Å²) in [7, 11) is 0. The molecule has 1 aromatic carbocycles. The van der Waals surface area contributed by atoms with E-state index in [0.717, 1.165) is 28.9 Å². The van der Waals surface area contributed by atoms with Gasteiger partial charge in [0.15, 0.2) is 0 Å². The fourth-order valence-electron chi connectivity index (χ4n) is 1.71. The van der Waals surface area contributed by atoms with Crippen molar-refractivity contribution in [1.29, 1.82) is 0 Å². The smallest absolute Gasteiger partial charge is 0.188 e. The number of hydrogen-bond donors (Lipinski definition) is 0. The van der Waals surface area contributed by atoms with E-state index in [1.165, 1.54) is 19.3 Å². The molecule has 0 saturated carbocycles. The summed E-state index contributed by atoms with van der Waals surface area (Å²) >= 11 is 7.35. The normalized spacial score (nSPS) is 10.8. The molecule has 0 bridgehead atoms. The zero-order chi connectivity index (χ0) is 13.3. The average molecular weight is 297 g/mol. The van der Waals surface area contributed by atoms with Crippen LogP contribution in [0.4, 0.5) is 0 Å². The molecule has 0 aliphatic rings. The minimum absolute atomic E-state index is 0.763. The minimum Gasteiger partial charge on any atom is -0.188 e. The first-order valence-electron chi connectivity index (χ1n) is 6.44. The highest BCUT2D eigenvalue weighted by Gasteiger charge is 2.07. The maximum atomic E-state index is 5.65. The Morgan fingerprint density at radius 2 is 1.84 bits per heavy atom. The molecule has 0 aliphatic carbocycles. The summed E-state index contributed by atoms with van der Waals surface area (Å²) in [4.78, 5) is 0. The first-order valence-corrected chi connectivity index (χ1v) is 7.96. The molecule has 0 spiro atoms. The van der Waals surface area contributed by atoms with E-state index in [-0.39, 0.29) is 0 Å². The number of thioether (sulfide) groups is 1. The van der Waals surface area contributed by atoms with Crippen LogP contribution in [0.2, 0.25) is 0 Å². The second-order valence-corrected chi connectivity index (χ2v) is 5.60. The standard InChI is InChI=1S/C13H17ClN4S/c14-10-6-1-2-7-11-19-13-15-16-17-18(13)12-8-4-3-5-9-12/h3-5,8-9H,1-2,6-7,10-11H2. The molecule has 4 nitrogen and oxygen atoms in total. The summed E-state index contributed by atoms with van der Waals surface area (Å²) in [6, 6.07) is 9.95. The summed E-state index contributed by atoms with van der Waals surface area (Å²) in [5.74, 6) is 1.80. The van der Waals surface area contributed by atoms with E-state index in [0.29, 0.717) is 0 Å². The molecule has 0 aliphatic heterocycles. The molecular weight excluding hydrogens is 280 g/mol. The van der Waals surface area contributed by atoms with Gasteiger partial charge >= 0.3 is 0 Å². The molecule has 0 fully saturated rings. The molecule has 0 saturated heterocycles. The third-order valence-electron chi connectivity index (χ3n) is 2.70. The van der Waals surface area contributed by atoms with Crippen molar-refractivity contribution in [3.63, 3.8) is 0 Å². The molecule has 2 aromatic rings. The number of rotatable bonds is 8. The lowest BCUT2D eigenvalue weighted by Crippen LogP contribution is -1.98. The Morgan fingerprint density at radius 1 is 1.05 bits per heavy atom. The van der Waals surface area contributed by atoms with Crippen LogP contribution < -0.4 is 0 Å². The topological polar surface area (TPSA) is 43.6 Å². The van der Waals surface area contributed by atoms with Crippen molar-refractivity contribution >= 4 is 23.4 Å². The van der Waals surface area contributed by atoms with Crippen LogP contribution in [-0.2, 0) is 0 Å². The van der Waals surface area contributed by atoms with Crippen LogP contribution in [0, 0.1) is 0 Å². The Bertz CT molecular complexity index is 475. The molecule has 0 radical (unpaired) electrons. The molecular formula is C13H17ClN4S. The van der Waals surface area contributed by atoms with Gasteiger partial charge < -0.3 is 0 Å². The number of nitrogens with zero attached hydrogens (tertiary/aromatic N) is 4. The largest absolute Gasteiger partial charge is 0.214 e. The third kappa shape index (κ3) is 4.51. The van der Waals surface area contributed by atoms with E-state index in [4.69, 9.17) is 11.6 Å². The Morgan fingerprint density at radius 3 is 2.63 bits per heavy atom. The molecule has 0 N–H and O–H groups in total. The van der Waals surface area contributed by atoms with Crippen LogP contribution in [0.25, 0.3) is 5.69 Å². The number of halogens is 1. The lowest BCUT2D eigenvalue weighted by molar-refractivity contribution is 0.707. The van der Waals surface area contributed by atoms with Gasteiger partial charge in [-0.3, -0.25) is 0 Å². The summed E-state index contributed by atoms with van der Waals surface area (Å²) in [6.45, 7) is 0. The van der Waals surface area contributed by atoms with E-state index in [1.807, 2.05) is 30.3 Å². The molecule has 1 heterocycles. The summed E-state index contributed by atoms with van der Waals surface area (Å²) in [5, 5.41) is 12.7.